The second-order valence-corrected chi connectivity index (χ2v) is 11.4. The molecule has 5 heteroatoms. The third kappa shape index (κ3) is 3.31. The number of rotatable bonds is 3. The second-order valence-electron chi connectivity index (χ2n) is 11.4. The fraction of sp³-hybridized carbons (Fsp3) is 0.667. The quantitative estimate of drug-likeness (QED) is 0.729. The van der Waals surface area contributed by atoms with Gasteiger partial charge in [0.1, 0.15) is 5.82 Å². The Labute approximate surface area is 192 Å². The lowest BCUT2D eigenvalue weighted by atomic mass is 9.47. The predicted octanol–water partition coefficient (Wildman–Crippen LogP) is 4.97. The molecule has 3 fully saturated rings. The number of fused-ring (bicyclic) bond motifs is 5. The predicted molar refractivity (Wildman–Crippen MR) is 126 cm³/mol. The van der Waals surface area contributed by atoms with Gasteiger partial charge in [-0.1, -0.05) is 19.9 Å². The van der Waals surface area contributed by atoms with Gasteiger partial charge in [-0.25, -0.2) is 4.98 Å². The number of aryl methyl sites for hydroxylation is 1. The van der Waals surface area contributed by atoms with E-state index in [1.54, 1.807) is 6.20 Å². The number of nitrogens with one attached hydrogen (secondary N) is 1. The number of likely N-dealkylation sites (N-methyl/N-ethyl adjacent to an activating group) is 1. The minimum atomic E-state index is 0.0825. The summed E-state index contributed by atoms with van der Waals surface area (Å²) in [7, 11) is 1.98. The molecule has 1 N–H and O–H groups in total. The van der Waals surface area contributed by atoms with E-state index in [1.807, 2.05) is 37.1 Å². The molecule has 4 aliphatic rings. The van der Waals surface area contributed by atoms with E-state index in [0.29, 0.717) is 42.0 Å². The topological polar surface area (TPSA) is 62.3 Å². The first-order valence-corrected chi connectivity index (χ1v) is 12.4. The molecule has 3 saturated carbocycles. The zero-order valence-electron chi connectivity index (χ0n) is 19.9. The minimum Gasteiger partial charge on any atom is -0.338 e. The highest BCUT2D eigenvalue weighted by molar-refractivity contribution is 5.90. The fourth-order valence-corrected chi connectivity index (χ4v) is 8.20. The van der Waals surface area contributed by atoms with Crippen LogP contribution in [0, 0.1) is 41.4 Å². The van der Waals surface area contributed by atoms with Gasteiger partial charge in [0, 0.05) is 31.1 Å². The molecule has 2 amide bonds. The molecule has 0 bridgehead atoms. The maximum absolute atomic E-state index is 12.9. The Hall–Kier alpha value is -2.17. The number of nitrogens with zero attached hydrogens (tertiary/aromatic N) is 2. The van der Waals surface area contributed by atoms with Gasteiger partial charge in [-0.15, -0.1) is 0 Å². The third-order valence-electron chi connectivity index (χ3n) is 9.94. The SMILES string of the molecule is Cc1ccnc(NC(=O)C[C@H]2CCC3C4CCC5N(C)C(=O)C=C[C@]5(C)C4CC[C@@]32C)c1. The molecule has 4 unspecified atom stereocenters. The van der Waals surface area contributed by atoms with E-state index in [4.69, 9.17) is 0 Å². The molecule has 0 saturated heterocycles. The normalized spacial score (nSPS) is 40.4. The molecule has 1 aromatic rings. The van der Waals surface area contributed by atoms with Crippen molar-refractivity contribution >= 4 is 17.6 Å². The van der Waals surface area contributed by atoms with Crippen LogP contribution in [0.4, 0.5) is 5.82 Å². The van der Waals surface area contributed by atoms with Gasteiger partial charge >= 0.3 is 0 Å². The number of carbonyl (C=O) groups excluding carboxylic acids is 2. The molecule has 0 radical (unpaired) electrons. The van der Waals surface area contributed by atoms with Crippen LogP contribution >= 0.6 is 0 Å². The van der Waals surface area contributed by atoms with E-state index < -0.39 is 0 Å². The van der Waals surface area contributed by atoms with Gasteiger partial charge in [0.15, 0.2) is 0 Å². The summed E-state index contributed by atoms with van der Waals surface area (Å²) in [6.07, 6.45) is 13.5. The number of anilines is 1. The summed E-state index contributed by atoms with van der Waals surface area (Å²) in [5.74, 6) is 3.38. The molecule has 0 spiro atoms. The molecule has 172 valence electrons. The van der Waals surface area contributed by atoms with E-state index >= 15 is 0 Å². The molecule has 32 heavy (non-hydrogen) atoms. The average molecular weight is 436 g/mol. The summed E-state index contributed by atoms with van der Waals surface area (Å²) in [6.45, 7) is 6.87. The van der Waals surface area contributed by atoms with Gasteiger partial charge < -0.3 is 10.2 Å². The number of aromatic nitrogens is 1. The molecule has 0 aromatic carbocycles. The lowest BCUT2D eigenvalue weighted by Crippen LogP contribution is -2.59. The summed E-state index contributed by atoms with van der Waals surface area (Å²) >= 11 is 0. The maximum Gasteiger partial charge on any atom is 0.246 e. The van der Waals surface area contributed by atoms with E-state index in [-0.39, 0.29) is 22.6 Å². The Balaban J connectivity index is 1.31. The Morgan fingerprint density at radius 1 is 1.19 bits per heavy atom. The molecular weight excluding hydrogens is 398 g/mol. The van der Waals surface area contributed by atoms with Crippen LogP contribution in [0.3, 0.4) is 0 Å². The van der Waals surface area contributed by atoms with Crippen molar-refractivity contribution in [1.29, 1.82) is 0 Å². The van der Waals surface area contributed by atoms with E-state index in [2.05, 4.69) is 30.2 Å². The summed E-state index contributed by atoms with van der Waals surface area (Å²) in [5.41, 5.74) is 1.43. The summed E-state index contributed by atoms with van der Waals surface area (Å²) in [4.78, 5) is 31.5. The molecule has 1 aromatic heterocycles. The average Bonchev–Trinajstić information content (AvgIpc) is 3.07. The Morgan fingerprint density at radius 2 is 2.00 bits per heavy atom. The highest BCUT2D eigenvalue weighted by Crippen LogP contribution is 2.65. The van der Waals surface area contributed by atoms with Gasteiger partial charge in [-0.05, 0) is 98.3 Å². The van der Waals surface area contributed by atoms with Gasteiger partial charge in [-0.2, -0.15) is 0 Å². The highest BCUT2D eigenvalue weighted by Gasteiger charge is 2.60. The third-order valence-corrected chi connectivity index (χ3v) is 9.94. The van der Waals surface area contributed by atoms with Crippen molar-refractivity contribution in [3.05, 3.63) is 36.0 Å². The van der Waals surface area contributed by atoms with Crippen LogP contribution in [0.1, 0.15) is 64.4 Å². The molecule has 1 aliphatic heterocycles. The van der Waals surface area contributed by atoms with Crippen molar-refractivity contribution in [1.82, 2.24) is 9.88 Å². The summed E-state index contributed by atoms with van der Waals surface area (Å²) < 4.78 is 0. The zero-order valence-corrected chi connectivity index (χ0v) is 19.9. The first-order valence-electron chi connectivity index (χ1n) is 12.4. The van der Waals surface area contributed by atoms with E-state index in [1.165, 1.54) is 25.7 Å². The highest BCUT2D eigenvalue weighted by atomic mass is 16.2. The van der Waals surface area contributed by atoms with Gasteiger partial charge in [0.25, 0.3) is 0 Å². The lowest BCUT2D eigenvalue weighted by molar-refractivity contribution is -0.139. The van der Waals surface area contributed by atoms with Crippen LogP contribution < -0.4 is 5.32 Å². The van der Waals surface area contributed by atoms with Gasteiger partial charge in [-0.3, -0.25) is 9.59 Å². The standard InChI is InChI=1S/C27H37N3O2/c1-17-11-14-28-23(15-17)29-24(31)16-18-5-7-20-19-6-8-22-27(3,13-10-25(32)30(22)4)21(19)9-12-26(18,20)2/h10-11,13-15,18-22H,5-9,12,16H2,1-4H3,(H,28,29,31)/t18-,19?,20?,21?,22?,26-,27-/m1/s1. The van der Waals surface area contributed by atoms with Crippen molar-refractivity contribution in [2.75, 3.05) is 12.4 Å². The van der Waals surface area contributed by atoms with Crippen LogP contribution in [0.25, 0.3) is 0 Å². The van der Waals surface area contributed by atoms with Crippen molar-refractivity contribution in [2.24, 2.45) is 34.5 Å². The monoisotopic (exact) mass is 435 g/mol. The van der Waals surface area contributed by atoms with Crippen molar-refractivity contribution in [3.63, 3.8) is 0 Å². The number of pyridine rings is 1. The molecule has 2 heterocycles. The first-order chi connectivity index (χ1) is 15.2. The van der Waals surface area contributed by atoms with E-state index in [0.717, 1.165) is 18.4 Å². The largest absolute Gasteiger partial charge is 0.338 e. The lowest BCUT2D eigenvalue weighted by Gasteiger charge is -2.60. The van der Waals surface area contributed by atoms with Crippen molar-refractivity contribution in [3.8, 4) is 0 Å². The van der Waals surface area contributed by atoms with Crippen LogP contribution in [0.2, 0.25) is 0 Å². The molecule has 3 aliphatic carbocycles. The Bertz CT molecular complexity index is 958. The zero-order chi connectivity index (χ0) is 22.7. The van der Waals surface area contributed by atoms with Crippen LogP contribution in [0.5, 0.6) is 0 Å². The fourth-order valence-electron chi connectivity index (χ4n) is 8.20. The van der Waals surface area contributed by atoms with Crippen LogP contribution in [-0.2, 0) is 9.59 Å². The van der Waals surface area contributed by atoms with Crippen molar-refractivity contribution in [2.45, 2.75) is 71.8 Å². The number of hydrogen-bond donors (Lipinski definition) is 1. The number of amides is 2. The molecular formula is C27H37N3O2. The molecule has 7 atom stereocenters. The smallest absolute Gasteiger partial charge is 0.246 e. The van der Waals surface area contributed by atoms with E-state index in [9.17, 15) is 9.59 Å². The minimum absolute atomic E-state index is 0.0825. The van der Waals surface area contributed by atoms with Gasteiger partial charge in [0.2, 0.25) is 11.8 Å². The Morgan fingerprint density at radius 3 is 2.78 bits per heavy atom. The Kier molecular flexibility index (Phi) is 5.22. The summed E-state index contributed by atoms with van der Waals surface area (Å²) in [5, 5.41) is 3.03. The van der Waals surface area contributed by atoms with Crippen molar-refractivity contribution < 1.29 is 9.59 Å². The van der Waals surface area contributed by atoms with Crippen LogP contribution in [-0.4, -0.2) is 34.8 Å². The molecule has 5 nitrogen and oxygen atoms in total. The maximum atomic E-state index is 12.9. The number of carbonyl (C=O) groups is 2. The second kappa shape index (κ2) is 7.71. The number of hydrogen-bond acceptors (Lipinski definition) is 3. The van der Waals surface area contributed by atoms with Gasteiger partial charge in [0.05, 0.1) is 0 Å². The molecule has 5 rings (SSSR count). The summed E-state index contributed by atoms with van der Waals surface area (Å²) in [6, 6.07) is 4.21. The van der Waals surface area contributed by atoms with Crippen LogP contribution in [0.15, 0.2) is 30.5 Å². The first kappa shape index (κ1) is 21.7.